The SMILES string of the molecule is CCC(CC)N(CCOC)C1CCCCC1=O. The van der Waals surface area contributed by atoms with Crippen molar-refractivity contribution in [1.82, 2.24) is 4.90 Å². The predicted octanol–water partition coefficient (Wildman–Crippen LogP) is 2.64. The lowest BCUT2D eigenvalue weighted by Crippen LogP contribution is -2.49. The average Bonchev–Trinajstić information content (AvgIpc) is 2.36. The molecule has 0 saturated heterocycles. The first-order chi connectivity index (χ1) is 8.24. The summed E-state index contributed by atoms with van der Waals surface area (Å²) >= 11 is 0. The highest BCUT2D eigenvalue weighted by molar-refractivity contribution is 5.84. The lowest BCUT2D eigenvalue weighted by Gasteiger charge is -2.38. The molecule has 1 unspecified atom stereocenters. The second-order valence-electron chi connectivity index (χ2n) is 4.93. The third-order valence-corrected chi connectivity index (χ3v) is 3.89. The summed E-state index contributed by atoms with van der Waals surface area (Å²) in [4.78, 5) is 14.4. The van der Waals surface area contributed by atoms with E-state index in [-0.39, 0.29) is 6.04 Å². The Morgan fingerprint density at radius 3 is 2.59 bits per heavy atom. The molecule has 1 rings (SSSR count). The van der Waals surface area contributed by atoms with Gasteiger partial charge in [0.25, 0.3) is 0 Å². The Kier molecular flexibility index (Phi) is 6.75. The molecule has 0 aromatic carbocycles. The summed E-state index contributed by atoms with van der Waals surface area (Å²) in [5.41, 5.74) is 0. The van der Waals surface area contributed by atoms with Crippen molar-refractivity contribution in [3.05, 3.63) is 0 Å². The summed E-state index contributed by atoms with van der Waals surface area (Å²) in [6.45, 7) is 6.03. The largest absolute Gasteiger partial charge is 0.383 e. The molecule has 17 heavy (non-hydrogen) atoms. The number of rotatable bonds is 7. The minimum absolute atomic E-state index is 0.156. The van der Waals surface area contributed by atoms with E-state index in [0.717, 1.165) is 45.3 Å². The highest BCUT2D eigenvalue weighted by atomic mass is 16.5. The van der Waals surface area contributed by atoms with E-state index in [1.54, 1.807) is 7.11 Å². The summed E-state index contributed by atoms with van der Waals surface area (Å²) in [5.74, 6) is 0.444. The van der Waals surface area contributed by atoms with Crippen LogP contribution in [-0.4, -0.2) is 43.0 Å². The molecule has 1 saturated carbocycles. The Balaban J connectivity index is 2.68. The van der Waals surface area contributed by atoms with Gasteiger partial charge in [0.05, 0.1) is 12.6 Å². The molecule has 0 aliphatic heterocycles. The van der Waals surface area contributed by atoms with Crippen LogP contribution < -0.4 is 0 Å². The van der Waals surface area contributed by atoms with Gasteiger partial charge in [-0.25, -0.2) is 0 Å². The molecule has 0 N–H and O–H groups in total. The van der Waals surface area contributed by atoms with Crippen molar-refractivity contribution < 1.29 is 9.53 Å². The molecule has 0 radical (unpaired) electrons. The van der Waals surface area contributed by atoms with Crippen LogP contribution >= 0.6 is 0 Å². The summed E-state index contributed by atoms with van der Waals surface area (Å²) in [6, 6.07) is 0.681. The molecule has 0 amide bonds. The fourth-order valence-corrected chi connectivity index (χ4v) is 2.86. The van der Waals surface area contributed by atoms with Gasteiger partial charge in [-0.3, -0.25) is 9.69 Å². The van der Waals surface area contributed by atoms with Crippen molar-refractivity contribution in [1.29, 1.82) is 0 Å². The van der Waals surface area contributed by atoms with E-state index in [9.17, 15) is 4.79 Å². The van der Waals surface area contributed by atoms with E-state index in [4.69, 9.17) is 4.74 Å². The number of methoxy groups -OCH3 is 1. The monoisotopic (exact) mass is 241 g/mol. The number of hydrogen-bond donors (Lipinski definition) is 0. The third-order valence-electron chi connectivity index (χ3n) is 3.89. The topological polar surface area (TPSA) is 29.5 Å². The number of carbonyl (C=O) groups excluding carboxylic acids is 1. The second-order valence-corrected chi connectivity index (χ2v) is 4.93. The van der Waals surface area contributed by atoms with E-state index in [0.29, 0.717) is 11.8 Å². The molecule has 0 bridgehead atoms. The molecule has 0 spiro atoms. The van der Waals surface area contributed by atoms with Gasteiger partial charge in [-0.15, -0.1) is 0 Å². The number of nitrogens with zero attached hydrogens (tertiary/aromatic N) is 1. The van der Waals surface area contributed by atoms with E-state index in [2.05, 4.69) is 18.7 Å². The standard InChI is InChI=1S/C14H27NO2/c1-4-12(5-2)15(10-11-17-3)13-8-6-7-9-14(13)16/h12-13H,4-11H2,1-3H3. The van der Waals surface area contributed by atoms with Gasteiger partial charge in [-0.05, 0) is 25.7 Å². The zero-order valence-electron chi connectivity index (χ0n) is 11.6. The lowest BCUT2D eigenvalue weighted by atomic mass is 9.91. The van der Waals surface area contributed by atoms with Crippen molar-refractivity contribution in [2.75, 3.05) is 20.3 Å². The molecule has 1 atom stereocenters. The second kappa shape index (κ2) is 7.83. The summed E-state index contributed by atoms with van der Waals surface area (Å²) in [5, 5.41) is 0. The van der Waals surface area contributed by atoms with E-state index in [1.165, 1.54) is 6.42 Å². The summed E-state index contributed by atoms with van der Waals surface area (Å²) < 4.78 is 5.18. The van der Waals surface area contributed by atoms with Gasteiger partial charge in [0.2, 0.25) is 0 Å². The number of carbonyl (C=O) groups is 1. The van der Waals surface area contributed by atoms with E-state index in [1.807, 2.05) is 0 Å². The van der Waals surface area contributed by atoms with Crippen LogP contribution in [0.1, 0.15) is 52.4 Å². The number of Topliss-reactive ketones (excluding diaryl/α,β-unsaturated/α-hetero) is 1. The van der Waals surface area contributed by atoms with E-state index < -0.39 is 0 Å². The Morgan fingerprint density at radius 1 is 1.35 bits per heavy atom. The van der Waals surface area contributed by atoms with Crippen molar-refractivity contribution >= 4 is 5.78 Å². The molecule has 0 aromatic rings. The molecule has 1 fully saturated rings. The zero-order chi connectivity index (χ0) is 12.7. The lowest BCUT2D eigenvalue weighted by molar-refractivity contribution is -0.127. The predicted molar refractivity (Wildman–Crippen MR) is 70.2 cm³/mol. The molecular weight excluding hydrogens is 214 g/mol. The van der Waals surface area contributed by atoms with Gasteiger partial charge in [0.1, 0.15) is 5.78 Å². The van der Waals surface area contributed by atoms with Gasteiger partial charge in [-0.1, -0.05) is 20.3 Å². The molecule has 3 nitrogen and oxygen atoms in total. The smallest absolute Gasteiger partial charge is 0.149 e. The van der Waals surface area contributed by atoms with Gasteiger partial charge >= 0.3 is 0 Å². The van der Waals surface area contributed by atoms with Crippen LogP contribution in [0, 0.1) is 0 Å². The fraction of sp³-hybridized carbons (Fsp3) is 0.929. The maximum Gasteiger partial charge on any atom is 0.149 e. The van der Waals surface area contributed by atoms with Crippen molar-refractivity contribution in [3.63, 3.8) is 0 Å². The number of ether oxygens (including phenoxy) is 1. The molecule has 3 heteroatoms. The minimum atomic E-state index is 0.156. The Bertz CT molecular complexity index is 226. The van der Waals surface area contributed by atoms with Crippen molar-refractivity contribution in [2.45, 2.75) is 64.5 Å². The first-order valence-corrected chi connectivity index (χ1v) is 7.01. The van der Waals surface area contributed by atoms with E-state index >= 15 is 0 Å². The van der Waals surface area contributed by atoms with Crippen LogP contribution in [0.3, 0.4) is 0 Å². The zero-order valence-corrected chi connectivity index (χ0v) is 11.6. The quantitative estimate of drug-likeness (QED) is 0.686. The molecule has 0 heterocycles. The van der Waals surface area contributed by atoms with Crippen molar-refractivity contribution in [3.8, 4) is 0 Å². The number of hydrogen-bond acceptors (Lipinski definition) is 3. The van der Waals surface area contributed by atoms with Crippen LogP contribution in [-0.2, 0) is 9.53 Å². The maximum atomic E-state index is 12.1. The average molecular weight is 241 g/mol. The summed E-state index contributed by atoms with van der Waals surface area (Å²) in [6.07, 6.45) is 6.32. The van der Waals surface area contributed by atoms with Gasteiger partial charge in [0.15, 0.2) is 0 Å². The Morgan fingerprint density at radius 2 is 2.06 bits per heavy atom. The molecular formula is C14H27NO2. The van der Waals surface area contributed by atoms with Gasteiger partial charge in [0, 0.05) is 26.1 Å². The Labute approximate surface area is 106 Å². The van der Waals surface area contributed by atoms with Crippen LogP contribution in [0.4, 0.5) is 0 Å². The Hall–Kier alpha value is -0.410. The van der Waals surface area contributed by atoms with Gasteiger partial charge in [-0.2, -0.15) is 0 Å². The highest BCUT2D eigenvalue weighted by Gasteiger charge is 2.31. The minimum Gasteiger partial charge on any atom is -0.383 e. The third kappa shape index (κ3) is 4.07. The first-order valence-electron chi connectivity index (χ1n) is 7.01. The molecule has 100 valence electrons. The van der Waals surface area contributed by atoms with Gasteiger partial charge < -0.3 is 4.74 Å². The van der Waals surface area contributed by atoms with Crippen molar-refractivity contribution in [2.24, 2.45) is 0 Å². The highest BCUT2D eigenvalue weighted by Crippen LogP contribution is 2.23. The molecule has 0 aromatic heterocycles. The summed E-state index contributed by atoms with van der Waals surface area (Å²) in [7, 11) is 1.73. The van der Waals surface area contributed by atoms with Crippen LogP contribution in [0.15, 0.2) is 0 Å². The normalized spacial score (nSPS) is 21.5. The number of ketones is 1. The molecule has 1 aliphatic rings. The van der Waals surface area contributed by atoms with Crippen LogP contribution in [0.2, 0.25) is 0 Å². The molecule has 1 aliphatic carbocycles. The first kappa shape index (κ1) is 14.7. The fourth-order valence-electron chi connectivity index (χ4n) is 2.86. The van der Waals surface area contributed by atoms with Crippen LogP contribution in [0.25, 0.3) is 0 Å². The maximum absolute atomic E-state index is 12.1. The van der Waals surface area contributed by atoms with Crippen LogP contribution in [0.5, 0.6) is 0 Å².